The van der Waals surface area contributed by atoms with E-state index < -0.39 is 0 Å². The minimum Gasteiger partial charge on any atom is -0.309 e. The highest BCUT2D eigenvalue weighted by Gasteiger charge is 2.34. The number of amides is 3. The summed E-state index contributed by atoms with van der Waals surface area (Å²) in [6.45, 7) is 0.952. The Hall–Kier alpha value is -3.45. The Morgan fingerprint density at radius 1 is 0.906 bits per heavy atom. The SMILES string of the molecule is O=C(CCCCCN1C(=O)c2ccccc2C1=O)Nc1ccn(Cc2ccc(Cl)cc2)n1. The van der Waals surface area contributed by atoms with E-state index >= 15 is 0 Å². The number of carbonyl (C=O) groups excluding carboxylic acids is 3. The number of aromatic nitrogens is 2. The predicted octanol–water partition coefficient (Wildman–Crippen LogP) is 4.38. The zero-order valence-corrected chi connectivity index (χ0v) is 18.2. The molecule has 0 saturated heterocycles. The van der Waals surface area contributed by atoms with Crippen molar-refractivity contribution in [1.82, 2.24) is 14.7 Å². The van der Waals surface area contributed by atoms with Crippen LogP contribution in [0, 0.1) is 0 Å². The number of unbranched alkanes of at least 4 members (excludes halogenated alkanes) is 2. The molecule has 0 spiro atoms. The fourth-order valence-electron chi connectivity index (χ4n) is 3.67. The van der Waals surface area contributed by atoms with Crippen molar-refractivity contribution in [1.29, 1.82) is 0 Å². The molecule has 2 aromatic carbocycles. The Kier molecular flexibility index (Phi) is 6.66. The smallest absolute Gasteiger partial charge is 0.261 e. The third-order valence-corrected chi connectivity index (χ3v) is 5.58. The molecule has 1 aliphatic heterocycles. The number of anilines is 1. The monoisotopic (exact) mass is 450 g/mol. The minimum atomic E-state index is -0.238. The van der Waals surface area contributed by atoms with E-state index in [0.29, 0.717) is 54.3 Å². The third kappa shape index (κ3) is 5.06. The molecule has 0 bridgehead atoms. The molecule has 0 radical (unpaired) electrons. The number of nitrogens with one attached hydrogen (secondary N) is 1. The molecule has 0 atom stereocenters. The van der Waals surface area contributed by atoms with Crippen molar-refractivity contribution >= 4 is 35.1 Å². The van der Waals surface area contributed by atoms with E-state index in [9.17, 15) is 14.4 Å². The van der Waals surface area contributed by atoms with Crippen LogP contribution < -0.4 is 5.32 Å². The summed E-state index contributed by atoms with van der Waals surface area (Å²) in [6, 6.07) is 16.2. The van der Waals surface area contributed by atoms with Gasteiger partial charge < -0.3 is 5.32 Å². The standard InChI is InChI=1S/C24H23ClN4O3/c25-18-11-9-17(10-12-18)16-28-15-13-21(27-28)26-22(30)8-2-1-5-14-29-23(31)19-6-3-4-7-20(19)24(29)32/h3-4,6-7,9-13,15H,1-2,5,8,14,16H2,(H,26,27,30). The fraction of sp³-hybridized carbons (Fsp3) is 0.250. The average molecular weight is 451 g/mol. The summed E-state index contributed by atoms with van der Waals surface area (Å²) in [5, 5.41) is 7.86. The van der Waals surface area contributed by atoms with Gasteiger partial charge in [-0.3, -0.25) is 24.0 Å². The summed E-state index contributed by atoms with van der Waals surface area (Å²) >= 11 is 5.90. The molecule has 8 heteroatoms. The second kappa shape index (κ2) is 9.78. The van der Waals surface area contributed by atoms with Gasteiger partial charge >= 0.3 is 0 Å². The van der Waals surface area contributed by atoms with Crippen molar-refractivity contribution < 1.29 is 14.4 Å². The van der Waals surface area contributed by atoms with E-state index in [1.807, 2.05) is 30.5 Å². The van der Waals surface area contributed by atoms with Crippen LogP contribution in [0.4, 0.5) is 5.82 Å². The molecule has 0 unspecified atom stereocenters. The second-order valence-electron chi connectivity index (χ2n) is 7.69. The van der Waals surface area contributed by atoms with Gasteiger partial charge in [0.15, 0.2) is 5.82 Å². The summed E-state index contributed by atoms with van der Waals surface area (Å²) in [6.07, 6.45) is 4.24. The van der Waals surface area contributed by atoms with E-state index in [1.54, 1.807) is 35.0 Å². The van der Waals surface area contributed by atoms with Gasteiger partial charge in [0.1, 0.15) is 0 Å². The highest BCUT2D eigenvalue weighted by atomic mass is 35.5. The van der Waals surface area contributed by atoms with Crippen LogP contribution in [0.15, 0.2) is 60.8 Å². The van der Waals surface area contributed by atoms with Crippen molar-refractivity contribution in [3.05, 3.63) is 82.5 Å². The van der Waals surface area contributed by atoms with E-state index in [0.717, 1.165) is 12.0 Å². The second-order valence-corrected chi connectivity index (χ2v) is 8.13. The molecule has 4 rings (SSSR count). The predicted molar refractivity (Wildman–Crippen MR) is 122 cm³/mol. The first-order valence-electron chi connectivity index (χ1n) is 10.5. The van der Waals surface area contributed by atoms with Crippen LogP contribution in [0.2, 0.25) is 5.02 Å². The Labute approximate surface area is 191 Å². The normalized spacial score (nSPS) is 12.8. The summed E-state index contributed by atoms with van der Waals surface area (Å²) < 4.78 is 1.75. The number of hydrogen-bond acceptors (Lipinski definition) is 4. The third-order valence-electron chi connectivity index (χ3n) is 5.33. The number of halogens is 1. The maximum absolute atomic E-state index is 12.3. The largest absolute Gasteiger partial charge is 0.309 e. The fourth-order valence-corrected chi connectivity index (χ4v) is 3.80. The summed E-state index contributed by atoms with van der Waals surface area (Å²) in [7, 11) is 0. The summed E-state index contributed by atoms with van der Waals surface area (Å²) in [5.41, 5.74) is 1.99. The molecule has 3 aromatic rings. The molecule has 1 aromatic heterocycles. The Balaban J connectivity index is 1.16. The Bertz CT molecular complexity index is 1110. The lowest BCUT2D eigenvalue weighted by Gasteiger charge is -2.13. The maximum atomic E-state index is 12.3. The molecule has 2 heterocycles. The zero-order chi connectivity index (χ0) is 22.5. The molecule has 0 saturated carbocycles. The lowest BCUT2D eigenvalue weighted by Crippen LogP contribution is -2.30. The van der Waals surface area contributed by atoms with Crippen LogP contribution in [-0.2, 0) is 11.3 Å². The summed E-state index contributed by atoms with van der Waals surface area (Å²) in [5.74, 6) is -0.0764. The van der Waals surface area contributed by atoms with Crippen molar-refractivity contribution in [2.45, 2.75) is 32.2 Å². The van der Waals surface area contributed by atoms with Crippen LogP contribution in [0.3, 0.4) is 0 Å². The van der Waals surface area contributed by atoms with Crippen molar-refractivity contribution in [2.75, 3.05) is 11.9 Å². The number of carbonyl (C=O) groups is 3. The number of rotatable bonds is 9. The lowest BCUT2D eigenvalue weighted by molar-refractivity contribution is -0.116. The van der Waals surface area contributed by atoms with Gasteiger partial charge in [-0.2, -0.15) is 5.10 Å². The first-order valence-corrected chi connectivity index (χ1v) is 10.9. The molecule has 3 amide bonds. The van der Waals surface area contributed by atoms with Crippen molar-refractivity contribution in [3.63, 3.8) is 0 Å². The molecule has 7 nitrogen and oxygen atoms in total. The van der Waals surface area contributed by atoms with Crippen molar-refractivity contribution in [2.24, 2.45) is 0 Å². The molecule has 32 heavy (non-hydrogen) atoms. The first-order chi connectivity index (χ1) is 15.5. The molecular formula is C24H23ClN4O3. The van der Waals surface area contributed by atoms with Gasteiger partial charge in [-0.25, -0.2) is 0 Å². The number of fused-ring (bicyclic) bond motifs is 1. The maximum Gasteiger partial charge on any atom is 0.261 e. The van der Waals surface area contributed by atoms with E-state index in [-0.39, 0.29) is 17.7 Å². The van der Waals surface area contributed by atoms with Crippen molar-refractivity contribution in [3.8, 4) is 0 Å². The molecule has 0 fully saturated rings. The highest BCUT2D eigenvalue weighted by Crippen LogP contribution is 2.23. The zero-order valence-electron chi connectivity index (χ0n) is 17.5. The van der Waals surface area contributed by atoms with E-state index in [4.69, 9.17) is 11.6 Å². The molecular weight excluding hydrogens is 428 g/mol. The van der Waals surface area contributed by atoms with Gasteiger partial charge in [-0.05, 0) is 42.7 Å². The minimum absolute atomic E-state index is 0.109. The van der Waals surface area contributed by atoms with E-state index in [1.165, 1.54) is 4.90 Å². The van der Waals surface area contributed by atoms with Gasteiger partial charge in [0, 0.05) is 30.3 Å². The molecule has 1 aliphatic rings. The Morgan fingerprint density at radius 2 is 1.59 bits per heavy atom. The molecule has 0 aliphatic carbocycles. The number of benzene rings is 2. The lowest BCUT2D eigenvalue weighted by atomic mass is 10.1. The average Bonchev–Trinajstić information content (AvgIpc) is 3.32. The number of nitrogens with zero attached hydrogens (tertiary/aromatic N) is 3. The number of hydrogen-bond donors (Lipinski definition) is 1. The number of imide groups is 1. The summed E-state index contributed by atoms with van der Waals surface area (Å²) in [4.78, 5) is 38.2. The molecule has 1 N–H and O–H groups in total. The highest BCUT2D eigenvalue weighted by molar-refractivity contribution is 6.30. The van der Waals surface area contributed by atoms with Gasteiger partial charge in [-0.15, -0.1) is 0 Å². The quantitative estimate of drug-likeness (QED) is 0.387. The molecule has 164 valence electrons. The van der Waals surface area contributed by atoms with Gasteiger partial charge in [0.05, 0.1) is 17.7 Å². The van der Waals surface area contributed by atoms with Crippen LogP contribution in [0.1, 0.15) is 52.0 Å². The van der Waals surface area contributed by atoms with Crippen LogP contribution in [0.25, 0.3) is 0 Å². The van der Waals surface area contributed by atoms with Gasteiger partial charge in [0.25, 0.3) is 11.8 Å². The van der Waals surface area contributed by atoms with E-state index in [2.05, 4.69) is 10.4 Å². The first kappa shape index (κ1) is 21.8. The van der Waals surface area contributed by atoms with Gasteiger partial charge in [-0.1, -0.05) is 42.3 Å². The van der Waals surface area contributed by atoms with Crippen LogP contribution in [-0.4, -0.2) is 38.9 Å². The van der Waals surface area contributed by atoms with Crippen LogP contribution >= 0.6 is 11.6 Å². The van der Waals surface area contributed by atoms with Crippen LogP contribution in [0.5, 0.6) is 0 Å². The van der Waals surface area contributed by atoms with Gasteiger partial charge in [0.2, 0.25) is 5.91 Å². The topological polar surface area (TPSA) is 84.3 Å². The Morgan fingerprint density at radius 3 is 2.28 bits per heavy atom.